The molecule has 0 bridgehead atoms. The zero-order valence-corrected chi connectivity index (χ0v) is 15.8. The minimum Gasteiger partial charge on any atom is -0.393 e. The van der Waals surface area contributed by atoms with Gasteiger partial charge in [-0.25, -0.2) is 0 Å². The predicted molar refractivity (Wildman–Crippen MR) is 93.3 cm³/mol. The molecule has 0 radical (unpaired) electrons. The highest BCUT2D eigenvalue weighted by Gasteiger charge is 2.34. The summed E-state index contributed by atoms with van der Waals surface area (Å²) in [5.74, 6) is 0.541. The zero-order chi connectivity index (χ0) is 17.5. The average Bonchev–Trinajstić information content (AvgIpc) is 2.35. The van der Waals surface area contributed by atoms with Crippen LogP contribution in [-0.4, -0.2) is 40.4 Å². The van der Waals surface area contributed by atoms with Crippen LogP contribution < -0.4 is 0 Å². The van der Waals surface area contributed by atoms with Crippen LogP contribution in [0.4, 0.5) is 0 Å². The lowest BCUT2D eigenvalue weighted by Gasteiger charge is -2.38. The molecule has 1 heterocycles. The second-order valence-electron chi connectivity index (χ2n) is 8.17. The Kier molecular flexibility index (Phi) is 9.06. The van der Waals surface area contributed by atoms with Crippen LogP contribution in [0.2, 0.25) is 0 Å². The van der Waals surface area contributed by atoms with Crippen molar-refractivity contribution in [2.24, 2.45) is 5.92 Å². The SMILES string of the molecule is CCCCCC(O)CC(C)(C)O[C@H]1C[C@@H](O)C[C@@H](CC(C)C)O1. The summed E-state index contributed by atoms with van der Waals surface area (Å²) in [4.78, 5) is 0. The Morgan fingerprint density at radius 2 is 1.91 bits per heavy atom. The maximum absolute atomic E-state index is 10.2. The van der Waals surface area contributed by atoms with Gasteiger partial charge < -0.3 is 19.7 Å². The van der Waals surface area contributed by atoms with Crippen LogP contribution in [0.25, 0.3) is 0 Å². The zero-order valence-electron chi connectivity index (χ0n) is 15.8. The van der Waals surface area contributed by atoms with Crippen molar-refractivity contribution >= 4 is 0 Å². The molecule has 1 saturated heterocycles. The number of rotatable bonds is 10. The smallest absolute Gasteiger partial charge is 0.161 e. The quantitative estimate of drug-likeness (QED) is 0.594. The Balaban J connectivity index is 2.44. The molecule has 1 aliphatic rings. The highest BCUT2D eigenvalue weighted by Crippen LogP contribution is 2.29. The number of hydrogen-bond acceptors (Lipinski definition) is 4. The van der Waals surface area contributed by atoms with Gasteiger partial charge in [0.1, 0.15) is 0 Å². The summed E-state index contributed by atoms with van der Waals surface area (Å²) >= 11 is 0. The van der Waals surface area contributed by atoms with Crippen LogP contribution >= 0.6 is 0 Å². The van der Waals surface area contributed by atoms with Crippen molar-refractivity contribution in [2.45, 2.75) is 116 Å². The van der Waals surface area contributed by atoms with Crippen molar-refractivity contribution in [1.29, 1.82) is 0 Å². The van der Waals surface area contributed by atoms with Gasteiger partial charge in [-0.2, -0.15) is 0 Å². The van der Waals surface area contributed by atoms with E-state index in [1.165, 1.54) is 0 Å². The molecule has 0 amide bonds. The molecule has 1 unspecified atom stereocenters. The van der Waals surface area contributed by atoms with Crippen molar-refractivity contribution < 1.29 is 19.7 Å². The number of unbranched alkanes of at least 4 members (excludes halogenated alkanes) is 2. The van der Waals surface area contributed by atoms with Gasteiger partial charge in [0.05, 0.1) is 23.9 Å². The molecular weight excluding hydrogens is 292 g/mol. The fraction of sp³-hybridized carbons (Fsp3) is 1.00. The minimum absolute atomic E-state index is 0.0639. The van der Waals surface area contributed by atoms with Crippen molar-refractivity contribution in [3.05, 3.63) is 0 Å². The summed E-state index contributed by atoms with van der Waals surface area (Å²) in [6.45, 7) is 10.5. The topological polar surface area (TPSA) is 58.9 Å². The molecule has 0 aromatic carbocycles. The fourth-order valence-corrected chi connectivity index (χ4v) is 3.40. The van der Waals surface area contributed by atoms with Gasteiger partial charge in [-0.05, 0) is 39.0 Å². The minimum atomic E-state index is -0.449. The molecule has 0 saturated carbocycles. The third-order valence-corrected chi connectivity index (χ3v) is 4.40. The Bertz CT molecular complexity index is 314. The van der Waals surface area contributed by atoms with E-state index >= 15 is 0 Å². The van der Waals surface area contributed by atoms with Crippen molar-refractivity contribution in [3.63, 3.8) is 0 Å². The van der Waals surface area contributed by atoms with Crippen LogP contribution in [0.15, 0.2) is 0 Å². The molecule has 138 valence electrons. The first kappa shape index (κ1) is 20.9. The average molecular weight is 331 g/mol. The van der Waals surface area contributed by atoms with Gasteiger partial charge in [-0.3, -0.25) is 0 Å². The summed E-state index contributed by atoms with van der Waals surface area (Å²) in [7, 11) is 0. The largest absolute Gasteiger partial charge is 0.393 e. The first-order valence-corrected chi connectivity index (χ1v) is 9.41. The second kappa shape index (κ2) is 9.97. The predicted octanol–water partition coefficient (Wildman–Crippen LogP) is 4.03. The van der Waals surface area contributed by atoms with Crippen molar-refractivity contribution in [1.82, 2.24) is 0 Å². The highest BCUT2D eigenvalue weighted by molar-refractivity contribution is 4.79. The van der Waals surface area contributed by atoms with Crippen LogP contribution in [0.5, 0.6) is 0 Å². The van der Waals surface area contributed by atoms with E-state index < -0.39 is 5.60 Å². The summed E-state index contributed by atoms with van der Waals surface area (Å²) in [5.41, 5.74) is -0.449. The molecule has 4 atom stereocenters. The molecule has 0 aromatic heterocycles. The Hall–Kier alpha value is -0.160. The van der Waals surface area contributed by atoms with E-state index in [1.54, 1.807) is 0 Å². The van der Waals surface area contributed by atoms with Crippen LogP contribution in [-0.2, 0) is 9.47 Å². The molecule has 0 aliphatic carbocycles. The Labute approximate surface area is 142 Å². The van der Waals surface area contributed by atoms with Crippen LogP contribution in [0.3, 0.4) is 0 Å². The third kappa shape index (κ3) is 9.04. The molecule has 0 aromatic rings. The summed E-state index contributed by atoms with van der Waals surface area (Å²) in [6.07, 6.45) is 5.95. The third-order valence-electron chi connectivity index (χ3n) is 4.40. The van der Waals surface area contributed by atoms with Gasteiger partial charge in [0.2, 0.25) is 0 Å². The van der Waals surface area contributed by atoms with Gasteiger partial charge in [0, 0.05) is 12.8 Å². The Morgan fingerprint density at radius 3 is 2.52 bits per heavy atom. The van der Waals surface area contributed by atoms with Gasteiger partial charge in [-0.1, -0.05) is 40.0 Å². The summed E-state index contributed by atoms with van der Waals surface area (Å²) < 4.78 is 12.1. The fourth-order valence-electron chi connectivity index (χ4n) is 3.40. The summed E-state index contributed by atoms with van der Waals surface area (Å²) in [5, 5.41) is 20.3. The highest BCUT2D eigenvalue weighted by atomic mass is 16.7. The van der Waals surface area contributed by atoms with E-state index in [-0.39, 0.29) is 24.6 Å². The van der Waals surface area contributed by atoms with Gasteiger partial charge in [-0.15, -0.1) is 0 Å². The molecule has 0 spiro atoms. The molecule has 1 rings (SSSR count). The molecule has 1 fully saturated rings. The number of ether oxygens (including phenoxy) is 2. The van der Waals surface area contributed by atoms with Gasteiger partial charge in [0.25, 0.3) is 0 Å². The maximum Gasteiger partial charge on any atom is 0.161 e. The molecule has 1 aliphatic heterocycles. The lowest BCUT2D eigenvalue weighted by molar-refractivity contribution is -0.259. The van der Waals surface area contributed by atoms with E-state index in [0.29, 0.717) is 25.2 Å². The number of aliphatic hydroxyl groups is 2. The number of aliphatic hydroxyl groups excluding tert-OH is 2. The van der Waals surface area contributed by atoms with Crippen molar-refractivity contribution in [3.8, 4) is 0 Å². The van der Waals surface area contributed by atoms with Gasteiger partial charge >= 0.3 is 0 Å². The Morgan fingerprint density at radius 1 is 1.22 bits per heavy atom. The second-order valence-corrected chi connectivity index (χ2v) is 8.17. The standard InChI is InChI=1S/C19H38O4/c1-6-7-8-9-15(20)13-19(4,5)23-18-12-16(21)11-17(22-18)10-14(2)3/h14-18,20-21H,6-13H2,1-5H3/t15?,16-,17+,18-/m0/s1. The molecule has 23 heavy (non-hydrogen) atoms. The first-order chi connectivity index (χ1) is 10.7. The van der Waals surface area contributed by atoms with Crippen molar-refractivity contribution in [2.75, 3.05) is 0 Å². The maximum atomic E-state index is 10.2. The van der Waals surface area contributed by atoms with Gasteiger partial charge in [0.15, 0.2) is 6.29 Å². The van der Waals surface area contributed by atoms with E-state index in [1.807, 2.05) is 13.8 Å². The van der Waals surface area contributed by atoms with E-state index in [9.17, 15) is 10.2 Å². The molecule has 2 N–H and O–H groups in total. The molecular formula is C19H38O4. The lowest BCUT2D eigenvalue weighted by atomic mass is 9.95. The normalized spacial score (nSPS) is 27.4. The van der Waals surface area contributed by atoms with E-state index in [2.05, 4.69) is 20.8 Å². The monoisotopic (exact) mass is 330 g/mol. The molecule has 4 heteroatoms. The first-order valence-electron chi connectivity index (χ1n) is 9.41. The number of hydrogen-bond donors (Lipinski definition) is 2. The van der Waals surface area contributed by atoms with Crippen LogP contribution in [0, 0.1) is 5.92 Å². The van der Waals surface area contributed by atoms with E-state index in [0.717, 1.165) is 32.1 Å². The molecule has 4 nitrogen and oxygen atoms in total. The van der Waals surface area contributed by atoms with E-state index in [4.69, 9.17) is 9.47 Å². The summed E-state index contributed by atoms with van der Waals surface area (Å²) in [6, 6.07) is 0. The van der Waals surface area contributed by atoms with Crippen LogP contribution in [0.1, 0.15) is 86.0 Å². The lowest BCUT2D eigenvalue weighted by Crippen LogP contribution is -2.43.